The highest BCUT2D eigenvalue weighted by Crippen LogP contribution is 2.06. The van der Waals surface area contributed by atoms with Crippen LogP contribution >= 0.6 is 0 Å². The van der Waals surface area contributed by atoms with Crippen LogP contribution in [0.1, 0.15) is 19.8 Å². The molecule has 0 aromatic rings. The highest BCUT2D eigenvalue weighted by Gasteiger charge is 2.20. The first kappa shape index (κ1) is 11.9. The van der Waals surface area contributed by atoms with Crippen molar-refractivity contribution in [3.63, 3.8) is 0 Å². The van der Waals surface area contributed by atoms with Gasteiger partial charge in [-0.05, 0) is 19.8 Å². The third-order valence-corrected chi connectivity index (χ3v) is 2.29. The summed E-state index contributed by atoms with van der Waals surface area (Å²) in [6, 6.07) is -1.09. The lowest BCUT2D eigenvalue weighted by Gasteiger charge is -2.25. The molecule has 0 bridgehead atoms. The van der Waals surface area contributed by atoms with E-state index in [0.29, 0.717) is 6.61 Å². The van der Waals surface area contributed by atoms with E-state index in [4.69, 9.17) is 10.5 Å². The maximum absolute atomic E-state index is 11.3. The number of imide groups is 1. The van der Waals surface area contributed by atoms with E-state index in [1.165, 1.54) is 0 Å². The van der Waals surface area contributed by atoms with Crippen LogP contribution in [0.25, 0.3) is 0 Å². The molecule has 1 heterocycles. The number of carbonyl (C=O) groups is 2. The Labute approximate surface area is 88.5 Å². The van der Waals surface area contributed by atoms with Gasteiger partial charge in [0, 0.05) is 12.6 Å². The average molecular weight is 215 g/mol. The number of nitrogens with one attached hydrogen (secondary N) is 2. The first-order valence-corrected chi connectivity index (χ1v) is 5.03. The molecule has 1 rings (SSSR count). The quantitative estimate of drug-likeness (QED) is 0.582. The molecular weight excluding hydrogens is 198 g/mol. The van der Waals surface area contributed by atoms with Crippen LogP contribution in [0.2, 0.25) is 0 Å². The summed E-state index contributed by atoms with van der Waals surface area (Å²) in [4.78, 5) is 21.8. The minimum absolute atomic E-state index is 0.173. The summed E-state index contributed by atoms with van der Waals surface area (Å²) >= 11 is 0. The van der Waals surface area contributed by atoms with Crippen molar-refractivity contribution in [2.45, 2.75) is 31.8 Å². The smallest absolute Gasteiger partial charge is 0.318 e. The Morgan fingerprint density at radius 3 is 2.80 bits per heavy atom. The van der Waals surface area contributed by atoms with Gasteiger partial charge in [-0.2, -0.15) is 0 Å². The lowest BCUT2D eigenvalue weighted by molar-refractivity contribution is -0.122. The van der Waals surface area contributed by atoms with Crippen LogP contribution in [0.5, 0.6) is 0 Å². The van der Waals surface area contributed by atoms with Gasteiger partial charge in [0.25, 0.3) is 0 Å². The molecule has 1 saturated heterocycles. The number of primary amides is 1. The monoisotopic (exact) mass is 215 g/mol. The molecule has 6 nitrogen and oxygen atoms in total. The van der Waals surface area contributed by atoms with E-state index in [1.54, 1.807) is 6.92 Å². The number of amides is 3. The zero-order valence-corrected chi connectivity index (χ0v) is 8.79. The minimum Gasteiger partial charge on any atom is -0.380 e. The van der Waals surface area contributed by atoms with E-state index < -0.39 is 18.0 Å². The van der Waals surface area contributed by atoms with Gasteiger partial charge >= 0.3 is 6.03 Å². The average Bonchev–Trinajstić information content (AvgIpc) is 2.18. The predicted octanol–water partition coefficient (Wildman–Crippen LogP) is -0.662. The van der Waals surface area contributed by atoms with Crippen LogP contribution in [-0.2, 0) is 9.53 Å². The Hall–Kier alpha value is -1.14. The lowest BCUT2D eigenvalue weighted by Crippen LogP contribution is -2.51. The van der Waals surface area contributed by atoms with E-state index in [9.17, 15) is 9.59 Å². The molecule has 6 heteroatoms. The molecular formula is C9H17N3O3. The fraction of sp³-hybridized carbons (Fsp3) is 0.778. The number of carbonyl (C=O) groups excluding carboxylic acids is 2. The van der Waals surface area contributed by atoms with E-state index in [1.807, 2.05) is 5.32 Å². The maximum Gasteiger partial charge on any atom is 0.318 e. The Balaban J connectivity index is 2.29. The zero-order valence-electron chi connectivity index (χ0n) is 8.79. The molecule has 0 radical (unpaired) electrons. The summed E-state index contributed by atoms with van der Waals surface area (Å²) < 4.78 is 5.26. The van der Waals surface area contributed by atoms with Gasteiger partial charge in [0.2, 0.25) is 5.91 Å². The normalized spacial score (nSPS) is 23.1. The van der Waals surface area contributed by atoms with Gasteiger partial charge in [-0.15, -0.1) is 0 Å². The third-order valence-electron chi connectivity index (χ3n) is 2.29. The summed E-state index contributed by atoms with van der Waals surface area (Å²) in [7, 11) is 0. The second-order valence-electron chi connectivity index (χ2n) is 3.66. The molecule has 0 aliphatic carbocycles. The number of urea groups is 1. The van der Waals surface area contributed by atoms with Crippen molar-refractivity contribution in [2.75, 3.05) is 13.2 Å². The highest BCUT2D eigenvalue weighted by molar-refractivity contribution is 5.96. The van der Waals surface area contributed by atoms with Crippen LogP contribution in [0, 0.1) is 0 Å². The molecule has 15 heavy (non-hydrogen) atoms. The van der Waals surface area contributed by atoms with Gasteiger partial charge in [0.15, 0.2) is 0 Å². The number of ether oxygens (including phenoxy) is 1. The molecule has 1 aliphatic heterocycles. The molecule has 0 aromatic carbocycles. The highest BCUT2D eigenvalue weighted by atomic mass is 16.5. The molecule has 1 aliphatic rings. The molecule has 0 spiro atoms. The Morgan fingerprint density at radius 1 is 1.53 bits per heavy atom. The summed E-state index contributed by atoms with van der Waals surface area (Å²) in [6.07, 6.45) is 1.97. The minimum atomic E-state index is -0.825. The molecule has 2 atom stereocenters. The second-order valence-corrected chi connectivity index (χ2v) is 3.66. The van der Waals surface area contributed by atoms with E-state index >= 15 is 0 Å². The first-order chi connectivity index (χ1) is 7.09. The fourth-order valence-electron chi connectivity index (χ4n) is 1.53. The summed E-state index contributed by atoms with van der Waals surface area (Å²) in [5.41, 5.74) is 4.84. The summed E-state index contributed by atoms with van der Waals surface area (Å²) in [5.74, 6) is -0.409. The third kappa shape index (κ3) is 4.26. The Morgan fingerprint density at radius 2 is 2.27 bits per heavy atom. The maximum atomic E-state index is 11.3. The van der Waals surface area contributed by atoms with E-state index in [0.717, 1.165) is 19.4 Å². The van der Waals surface area contributed by atoms with Gasteiger partial charge in [0.1, 0.15) is 0 Å². The number of hydrogen-bond acceptors (Lipinski definition) is 4. The fourth-order valence-corrected chi connectivity index (χ4v) is 1.53. The van der Waals surface area contributed by atoms with Gasteiger partial charge in [-0.25, -0.2) is 4.79 Å². The molecule has 4 N–H and O–H groups in total. The van der Waals surface area contributed by atoms with Crippen molar-refractivity contribution in [3.05, 3.63) is 0 Å². The number of hydrogen-bond donors (Lipinski definition) is 3. The predicted molar refractivity (Wildman–Crippen MR) is 54.2 cm³/mol. The molecule has 86 valence electrons. The summed E-state index contributed by atoms with van der Waals surface area (Å²) in [6.45, 7) is 3.07. The Bertz CT molecular complexity index is 239. The Kier molecular flexibility index (Phi) is 4.51. The van der Waals surface area contributed by atoms with E-state index in [2.05, 4.69) is 5.32 Å². The molecule has 0 aromatic heterocycles. The van der Waals surface area contributed by atoms with Crippen molar-refractivity contribution in [1.82, 2.24) is 10.6 Å². The molecule has 1 fully saturated rings. The standard InChI is InChI=1S/C9H17N3O3/c1-6(8(13)12-9(10)14)11-7-3-2-4-15-5-7/h6-7,11H,2-5H2,1H3,(H3,10,12,13,14). The number of nitrogens with two attached hydrogens (primary N) is 1. The van der Waals surface area contributed by atoms with Crippen LogP contribution < -0.4 is 16.4 Å². The van der Waals surface area contributed by atoms with E-state index in [-0.39, 0.29) is 6.04 Å². The molecule has 3 amide bonds. The molecule has 0 saturated carbocycles. The van der Waals surface area contributed by atoms with Gasteiger partial charge in [-0.3, -0.25) is 10.1 Å². The van der Waals surface area contributed by atoms with Crippen LogP contribution in [-0.4, -0.2) is 37.2 Å². The van der Waals surface area contributed by atoms with Crippen LogP contribution in [0.15, 0.2) is 0 Å². The second kappa shape index (κ2) is 5.67. The van der Waals surface area contributed by atoms with Crippen molar-refractivity contribution >= 4 is 11.9 Å². The van der Waals surface area contributed by atoms with Crippen molar-refractivity contribution in [2.24, 2.45) is 5.73 Å². The molecule has 2 unspecified atom stereocenters. The lowest BCUT2D eigenvalue weighted by atomic mass is 10.1. The van der Waals surface area contributed by atoms with Crippen molar-refractivity contribution in [3.8, 4) is 0 Å². The first-order valence-electron chi connectivity index (χ1n) is 5.03. The summed E-state index contributed by atoms with van der Waals surface area (Å²) in [5, 5.41) is 5.11. The van der Waals surface area contributed by atoms with Crippen molar-refractivity contribution < 1.29 is 14.3 Å². The number of rotatable bonds is 3. The largest absolute Gasteiger partial charge is 0.380 e. The van der Waals surface area contributed by atoms with Gasteiger partial charge < -0.3 is 15.8 Å². The van der Waals surface area contributed by atoms with Gasteiger partial charge in [0.05, 0.1) is 12.6 Å². The van der Waals surface area contributed by atoms with Crippen molar-refractivity contribution in [1.29, 1.82) is 0 Å². The van der Waals surface area contributed by atoms with Crippen LogP contribution in [0.4, 0.5) is 4.79 Å². The van der Waals surface area contributed by atoms with Gasteiger partial charge in [-0.1, -0.05) is 0 Å². The zero-order chi connectivity index (χ0) is 11.3. The topological polar surface area (TPSA) is 93.4 Å². The van der Waals surface area contributed by atoms with Crippen LogP contribution in [0.3, 0.4) is 0 Å². The SMILES string of the molecule is CC(NC1CCCOC1)C(=O)NC(N)=O.